The maximum absolute atomic E-state index is 14.0. The fraction of sp³-hybridized carbons (Fsp3) is 0.306. The third kappa shape index (κ3) is 7.07. The van der Waals surface area contributed by atoms with Gasteiger partial charge in [0.05, 0.1) is 30.5 Å². The van der Waals surface area contributed by atoms with E-state index in [1.807, 2.05) is 42.6 Å². The molecule has 10 nitrogen and oxygen atoms in total. The quantitative estimate of drug-likeness (QED) is 0.0438. The number of pyridine rings is 1. The molecule has 1 aliphatic heterocycles. The highest BCUT2D eigenvalue weighted by molar-refractivity contribution is 8.00. The molecule has 0 aliphatic carbocycles. The van der Waals surface area contributed by atoms with Crippen LogP contribution in [0.5, 0.6) is 11.5 Å². The number of rotatable bonds is 12. The number of carbonyl (C=O) groups excluding carboxylic acids is 2. The van der Waals surface area contributed by atoms with E-state index < -0.39 is 17.7 Å². The molecule has 6 rings (SSSR count). The van der Waals surface area contributed by atoms with Gasteiger partial charge in [-0.2, -0.15) is 0 Å². The van der Waals surface area contributed by atoms with Gasteiger partial charge in [-0.15, -0.1) is 10.2 Å². The van der Waals surface area contributed by atoms with Gasteiger partial charge >= 0.3 is 5.91 Å². The number of ketones is 1. The molecule has 1 unspecified atom stereocenters. The van der Waals surface area contributed by atoms with Crippen LogP contribution >= 0.6 is 46.3 Å². The molecule has 0 radical (unpaired) electrons. The molecule has 3 aromatic heterocycles. The standard InChI is InChI=1S/C36H35Cl2N5O5S2/c1-6-47-27-16-22(10-12-26(27)48-15-13-19(2)3)30-28(31(44)29-21(5)42-14-7-8-20(4)33(42)39-29)32(45)34(46)43(30)35-40-41-36(50-35)49-18-23-9-11-24(37)17-25(23)38/h7-12,14,16-17,19,30,44H,6,13,15,18H2,1-5H3/b31-28+. The number of hydrogen-bond donors (Lipinski definition) is 1. The Morgan fingerprint density at radius 3 is 2.58 bits per heavy atom. The van der Waals surface area contributed by atoms with Gasteiger partial charge in [0, 0.05) is 22.0 Å². The molecule has 1 aliphatic rings. The summed E-state index contributed by atoms with van der Waals surface area (Å²) in [6.45, 7) is 10.7. The van der Waals surface area contributed by atoms with Crippen LogP contribution < -0.4 is 14.4 Å². The number of aliphatic hydroxyl groups is 1. The van der Waals surface area contributed by atoms with E-state index in [2.05, 4.69) is 24.0 Å². The van der Waals surface area contributed by atoms with Crippen LogP contribution in [0.25, 0.3) is 11.4 Å². The van der Waals surface area contributed by atoms with E-state index in [0.717, 1.165) is 28.9 Å². The molecule has 14 heteroatoms. The molecule has 4 heterocycles. The van der Waals surface area contributed by atoms with Crippen molar-refractivity contribution >= 4 is 74.5 Å². The molecule has 1 N–H and O–H groups in total. The summed E-state index contributed by atoms with van der Waals surface area (Å²) in [5, 5.41) is 21.8. The topological polar surface area (TPSA) is 119 Å². The average Bonchev–Trinajstić information content (AvgIpc) is 3.76. The van der Waals surface area contributed by atoms with Gasteiger partial charge < -0.3 is 19.0 Å². The summed E-state index contributed by atoms with van der Waals surface area (Å²) in [6, 6.07) is 13.3. The van der Waals surface area contributed by atoms with Crippen LogP contribution in [0, 0.1) is 19.8 Å². The minimum absolute atomic E-state index is 0.118. The lowest BCUT2D eigenvalue weighted by Crippen LogP contribution is -2.29. The number of aromatic nitrogens is 4. The van der Waals surface area contributed by atoms with Gasteiger partial charge in [0.1, 0.15) is 11.3 Å². The molecule has 1 atom stereocenters. The highest BCUT2D eigenvalue weighted by Crippen LogP contribution is 2.46. The lowest BCUT2D eigenvalue weighted by molar-refractivity contribution is -0.132. The molecule has 0 saturated carbocycles. The van der Waals surface area contributed by atoms with Crippen molar-refractivity contribution in [2.24, 2.45) is 5.92 Å². The van der Waals surface area contributed by atoms with Gasteiger partial charge in [-0.05, 0) is 80.1 Å². The van der Waals surface area contributed by atoms with Crippen molar-refractivity contribution in [3.05, 3.63) is 98.4 Å². The Kier molecular flexibility index (Phi) is 10.7. The van der Waals surface area contributed by atoms with Crippen LogP contribution in [0.2, 0.25) is 10.0 Å². The first-order chi connectivity index (χ1) is 24.0. The number of ether oxygens (including phenoxy) is 2. The van der Waals surface area contributed by atoms with Crippen molar-refractivity contribution in [3.8, 4) is 11.5 Å². The van der Waals surface area contributed by atoms with Crippen molar-refractivity contribution in [3.63, 3.8) is 0 Å². The van der Waals surface area contributed by atoms with Gasteiger partial charge in [-0.3, -0.25) is 14.5 Å². The van der Waals surface area contributed by atoms with E-state index in [4.69, 9.17) is 37.7 Å². The zero-order valence-corrected chi connectivity index (χ0v) is 31.2. The summed E-state index contributed by atoms with van der Waals surface area (Å²) in [6.07, 6.45) is 2.69. The zero-order chi connectivity index (χ0) is 35.7. The van der Waals surface area contributed by atoms with Gasteiger partial charge in [0.15, 0.2) is 21.6 Å². The van der Waals surface area contributed by atoms with Gasteiger partial charge in [-0.25, -0.2) is 4.98 Å². The van der Waals surface area contributed by atoms with Gasteiger partial charge in [-0.1, -0.05) is 78.3 Å². The molecule has 0 spiro atoms. The van der Waals surface area contributed by atoms with Crippen molar-refractivity contribution in [2.45, 2.75) is 57.2 Å². The number of anilines is 1. The SMILES string of the molecule is CCOc1cc(C2/C(=C(\O)c3nc4c(C)cccn4c3C)C(=O)C(=O)N2c2nnc(SCc3ccc(Cl)cc3Cl)s2)ccc1OCCC(C)C. The maximum atomic E-state index is 14.0. The number of hydrogen-bond acceptors (Lipinski definition) is 10. The minimum Gasteiger partial charge on any atom is -0.505 e. The Balaban J connectivity index is 1.44. The summed E-state index contributed by atoms with van der Waals surface area (Å²) in [7, 11) is 0. The molecule has 2 aromatic carbocycles. The lowest BCUT2D eigenvalue weighted by Gasteiger charge is -2.23. The predicted molar refractivity (Wildman–Crippen MR) is 198 cm³/mol. The highest BCUT2D eigenvalue weighted by atomic mass is 35.5. The van der Waals surface area contributed by atoms with Crippen molar-refractivity contribution in [1.29, 1.82) is 0 Å². The largest absolute Gasteiger partial charge is 0.505 e. The van der Waals surface area contributed by atoms with Crippen LogP contribution in [0.15, 0.2) is 64.6 Å². The summed E-state index contributed by atoms with van der Waals surface area (Å²) in [5.74, 6) is -0.179. The number of halogens is 2. The van der Waals surface area contributed by atoms with E-state index in [0.29, 0.717) is 67.7 Å². The van der Waals surface area contributed by atoms with Crippen LogP contribution in [0.3, 0.4) is 0 Å². The van der Waals surface area contributed by atoms with Crippen molar-refractivity contribution in [2.75, 3.05) is 18.1 Å². The minimum atomic E-state index is -1.07. The summed E-state index contributed by atoms with van der Waals surface area (Å²) < 4.78 is 14.5. The van der Waals surface area contributed by atoms with Crippen LogP contribution in [-0.4, -0.2) is 49.6 Å². The number of nitrogens with zero attached hydrogens (tertiary/aromatic N) is 5. The van der Waals surface area contributed by atoms with Crippen LogP contribution in [0.1, 0.15) is 61.3 Å². The number of imidazole rings is 1. The fourth-order valence-corrected chi connectivity index (χ4v) is 8.07. The number of fused-ring (bicyclic) bond motifs is 1. The Hall–Kier alpha value is -4.10. The Morgan fingerprint density at radius 1 is 1.06 bits per heavy atom. The number of carbonyl (C=O) groups is 2. The van der Waals surface area contributed by atoms with E-state index in [1.54, 1.807) is 37.3 Å². The molecular weight excluding hydrogens is 717 g/mol. The maximum Gasteiger partial charge on any atom is 0.301 e. The Labute approximate surface area is 308 Å². The molecule has 260 valence electrons. The van der Waals surface area contributed by atoms with Crippen LogP contribution in [-0.2, 0) is 15.3 Å². The molecule has 1 amide bonds. The lowest BCUT2D eigenvalue weighted by atomic mass is 9.96. The Morgan fingerprint density at radius 2 is 1.86 bits per heavy atom. The zero-order valence-electron chi connectivity index (χ0n) is 28.1. The van der Waals surface area contributed by atoms with E-state index in [-0.39, 0.29) is 22.2 Å². The third-order valence-electron chi connectivity index (χ3n) is 8.26. The average molecular weight is 753 g/mol. The first-order valence-electron chi connectivity index (χ1n) is 16.0. The summed E-state index contributed by atoms with van der Waals surface area (Å²) in [5.41, 5.74) is 3.59. The van der Waals surface area contributed by atoms with Crippen molar-refractivity contribution < 1.29 is 24.2 Å². The monoisotopic (exact) mass is 751 g/mol. The van der Waals surface area contributed by atoms with Gasteiger partial charge in [0.2, 0.25) is 5.13 Å². The molecule has 5 aromatic rings. The number of amides is 1. The normalized spacial score (nSPS) is 15.8. The smallest absolute Gasteiger partial charge is 0.301 e. The third-order valence-corrected chi connectivity index (χ3v) is 10.9. The van der Waals surface area contributed by atoms with E-state index in [9.17, 15) is 14.7 Å². The second kappa shape index (κ2) is 15.0. The highest BCUT2D eigenvalue weighted by Gasteiger charge is 2.49. The molecular formula is C36H35Cl2N5O5S2. The number of Topliss-reactive ketones (excluding diaryl/α,β-unsaturated/α-hetero) is 1. The Bertz CT molecular complexity index is 2130. The van der Waals surface area contributed by atoms with Crippen LogP contribution in [0.4, 0.5) is 5.13 Å². The summed E-state index contributed by atoms with van der Waals surface area (Å²) >= 11 is 15.0. The predicted octanol–water partition coefficient (Wildman–Crippen LogP) is 8.85. The van der Waals surface area contributed by atoms with Crippen molar-refractivity contribution in [1.82, 2.24) is 19.6 Å². The number of aryl methyl sites for hydroxylation is 2. The molecule has 1 saturated heterocycles. The van der Waals surface area contributed by atoms with E-state index >= 15 is 0 Å². The first-order valence-corrected chi connectivity index (χ1v) is 18.6. The summed E-state index contributed by atoms with van der Waals surface area (Å²) in [4.78, 5) is 33.9. The molecule has 0 bridgehead atoms. The first kappa shape index (κ1) is 35.7. The number of thioether (sulfide) groups is 1. The molecule has 1 fully saturated rings. The second-order valence-corrected chi connectivity index (χ2v) is 15.2. The second-order valence-electron chi connectivity index (χ2n) is 12.1. The number of aliphatic hydroxyl groups excluding tert-OH is 1. The van der Waals surface area contributed by atoms with Gasteiger partial charge in [0.25, 0.3) is 5.78 Å². The molecule has 50 heavy (non-hydrogen) atoms. The van der Waals surface area contributed by atoms with E-state index in [1.165, 1.54) is 16.7 Å². The fourth-order valence-electron chi connectivity index (χ4n) is 5.64. The number of benzene rings is 2.